The van der Waals surface area contributed by atoms with Gasteiger partial charge in [-0.05, 0) is 41.5 Å². The first kappa shape index (κ1) is 15.6. The largest absolute Gasteiger partial charge is 0.493 e. The van der Waals surface area contributed by atoms with Gasteiger partial charge in [0.1, 0.15) is 6.54 Å². The molecule has 0 spiro atoms. The molecule has 0 unspecified atom stereocenters. The Morgan fingerprint density at radius 1 is 0.960 bits per heavy atom. The van der Waals surface area contributed by atoms with Gasteiger partial charge in [0, 0.05) is 12.5 Å². The van der Waals surface area contributed by atoms with Gasteiger partial charge in [-0.1, -0.05) is 6.07 Å². The second kappa shape index (κ2) is 6.51. The minimum atomic E-state index is 0.288. The first-order valence-corrected chi connectivity index (χ1v) is 8.22. The van der Waals surface area contributed by atoms with Crippen molar-refractivity contribution in [3.05, 3.63) is 53.1 Å². The highest BCUT2D eigenvalue weighted by Crippen LogP contribution is 2.33. The molecule has 0 fully saturated rings. The van der Waals surface area contributed by atoms with Crippen LogP contribution in [0.4, 0.5) is 0 Å². The summed E-state index contributed by atoms with van der Waals surface area (Å²) in [6.45, 7) is 1.18. The fourth-order valence-corrected chi connectivity index (χ4v) is 3.15. The summed E-state index contributed by atoms with van der Waals surface area (Å²) in [5.74, 6) is 3.08. The molecule has 0 aromatic heterocycles. The van der Waals surface area contributed by atoms with E-state index >= 15 is 0 Å². The predicted octanol–water partition coefficient (Wildman–Crippen LogP) is 1.57. The molecule has 128 valence electrons. The number of nitrogens with one attached hydrogen (secondary N) is 1. The van der Waals surface area contributed by atoms with Crippen LogP contribution in [0, 0.1) is 0 Å². The van der Waals surface area contributed by atoms with Crippen LogP contribution in [-0.2, 0) is 6.42 Å². The van der Waals surface area contributed by atoms with E-state index in [0.717, 1.165) is 52.8 Å². The third kappa shape index (κ3) is 2.93. The molecule has 25 heavy (non-hydrogen) atoms. The smallest absolute Gasteiger partial charge is 0.231 e. The van der Waals surface area contributed by atoms with Gasteiger partial charge in [-0.25, -0.2) is 4.99 Å². The van der Waals surface area contributed by atoms with E-state index in [4.69, 9.17) is 18.9 Å². The summed E-state index contributed by atoms with van der Waals surface area (Å²) < 4.78 is 21.6. The number of hydrogen-bond acceptors (Lipinski definition) is 4. The van der Waals surface area contributed by atoms with Gasteiger partial charge in [0.2, 0.25) is 12.5 Å². The average molecular weight is 338 g/mol. The summed E-state index contributed by atoms with van der Waals surface area (Å²) in [6, 6.07) is 10.0. The molecule has 2 aromatic rings. The zero-order valence-electron chi connectivity index (χ0n) is 14.3. The van der Waals surface area contributed by atoms with E-state index in [2.05, 4.69) is 23.2 Å². The van der Waals surface area contributed by atoms with Crippen LogP contribution in [0.25, 0.3) is 6.08 Å². The Hall–Kier alpha value is -2.95. The standard InChI is InChI=1S/C20H19NO4/c1-22-18-10-14-7-8-21-16(15(14)11-19(18)23-2)5-3-13-4-6-17-20(9-13)25-12-24-17/h3-6,9-11H,7-8,12H2,1-2H3/p+1/b5-3+. The Bertz CT molecular complexity index is 870. The molecule has 5 heteroatoms. The summed E-state index contributed by atoms with van der Waals surface area (Å²) in [6.07, 6.45) is 5.11. The van der Waals surface area contributed by atoms with Crippen LogP contribution in [0.1, 0.15) is 16.7 Å². The van der Waals surface area contributed by atoms with Crippen molar-refractivity contribution in [2.45, 2.75) is 6.42 Å². The van der Waals surface area contributed by atoms with Crippen LogP contribution in [0.5, 0.6) is 23.0 Å². The van der Waals surface area contributed by atoms with Crippen LogP contribution < -0.4 is 23.9 Å². The molecule has 0 radical (unpaired) electrons. The quantitative estimate of drug-likeness (QED) is 0.919. The van der Waals surface area contributed by atoms with Gasteiger partial charge in [0.25, 0.3) is 0 Å². The number of benzene rings is 2. The fraction of sp³-hybridized carbons (Fsp3) is 0.250. The van der Waals surface area contributed by atoms with Gasteiger partial charge in [0.05, 0.1) is 19.8 Å². The minimum Gasteiger partial charge on any atom is -0.493 e. The molecule has 0 amide bonds. The van der Waals surface area contributed by atoms with Crippen LogP contribution in [0.2, 0.25) is 0 Å². The average Bonchev–Trinajstić information content (AvgIpc) is 3.12. The lowest BCUT2D eigenvalue weighted by molar-refractivity contribution is -0.456. The molecule has 0 saturated carbocycles. The fourth-order valence-electron chi connectivity index (χ4n) is 3.15. The number of fused-ring (bicyclic) bond motifs is 2. The van der Waals surface area contributed by atoms with E-state index in [1.54, 1.807) is 14.2 Å². The first-order chi connectivity index (χ1) is 12.3. The van der Waals surface area contributed by atoms with Crippen LogP contribution in [-0.4, -0.2) is 33.3 Å². The van der Waals surface area contributed by atoms with Crippen molar-refractivity contribution in [2.75, 3.05) is 27.6 Å². The van der Waals surface area contributed by atoms with E-state index in [-0.39, 0.29) is 6.79 Å². The van der Waals surface area contributed by atoms with E-state index in [9.17, 15) is 0 Å². The minimum absolute atomic E-state index is 0.288. The summed E-state index contributed by atoms with van der Waals surface area (Å²) in [4.78, 5) is 3.46. The Labute approximate surface area is 146 Å². The molecule has 4 rings (SSSR count). The number of hydrogen-bond donors (Lipinski definition) is 1. The van der Waals surface area contributed by atoms with Gasteiger partial charge >= 0.3 is 0 Å². The highest BCUT2D eigenvalue weighted by atomic mass is 16.7. The molecule has 2 heterocycles. The Kier molecular flexibility index (Phi) is 4.06. The molecule has 2 aliphatic heterocycles. The Morgan fingerprint density at radius 2 is 1.76 bits per heavy atom. The second-order valence-corrected chi connectivity index (χ2v) is 5.90. The molecule has 2 aliphatic rings. The van der Waals surface area contributed by atoms with E-state index in [1.165, 1.54) is 5.56 Å². The topological polar surface area (TPSA) is 50.9 Å². The molecular weight excluding hydrogens is 318 g/mol. The van der Waals surface area contributed by atoms with E-state index < -0.39 is 0 Å². The zero-order chi connectivity index (χ0) is 17.2. The molecule has 2 aromatic carbocycles. The lowest BCUT2D eigenvalue weighted by Crippen LogP contribution is -2.75. The van der Waals surface area contributed by atoms with Gasteiger partial charge in [-0.15, -0.1) is 0 Å². The molecule has 0 atom stereocenters. The van der Waals surface area contributed by atoms with Crippen molar-refractivity contribution in [1.82, 2.24) is 0 Å². The summed E-state index contributed by atoms with van der Waals surface area (Å²) in [7, 11) is 3.32. The lowest BCUT2D eigenvalue weighted by Gasteiger charge is -2.15. The first-order valence-electron chi connectivity index (χ1n) is 8.22. The van der Waals surface area contributed by atoms with Crippen LogP contribution in [0.15, 0.2) is 36.4 Å². The van der Waals surface area contributed by atoms with Gasteiger partial charge in [0.15, 0.2) is 23.0 Å². The number of allylic oxidation sites excluding steroid dienone is 1. The van der Waals surface area contributed by atoms with Crippen LogP contribution in [0.3, 0.4) is 0 Å². The summed E-state index contributed by atoms with van der Waals surface area (Å²) in [5, 5.41) is 0. The molecule has 0 bridgehead atoms. The number of methoxy groups -OCH3 is 2. The summed E-state index contributed by atoms with van der Waals surface area (Å²) >= 11 is 0. The molecule has 5 nitrogen and oxygen atoms in total. The maximum absolute atomic E-state index is 5.44. The van der Waals surface area contributed by atoms with Crippen molar-refractivity contribution in [2.24, 2.45) is 0 Å². The maximum atomic E-state index is 5.44. The lowest BCUT2D eigenvalue weighted by atomic mass is 9.96. The Morgan fingerprint density at radius 3 is 2.60 bits per heavy atom. The van der Waals surface area contributed by atoms with Crippen molar-refractivity contribution in [1.29, 1.82) is 0 Å². The van der Waals surface area contributed by atoms with Gasteiger partial charge < -0.3 is 18.9 Å². The third-order valence-electron chi connectivity index (χ3n) is 4.45. The number of rotatable bonds is 4. The monoisotopic (exact) mass is 338 g/mol. The Balaban J connectivity index is 1.65. The summed E-state index contributed by atoms with van der Waals surface area (Å²) in [5.41, 5.74) is 4.52. The van der Waals surface area contributed by atoms with Crippen LogP contribution >= 0.6 is 0 Å². The SMILES string of the molecule is COc1cc2c(cc1OC)C(/C=C/c1ccc3c(c1)OCO3)=[NH+]CC2. The number of ether oxygens (including phenoxy) is 4. The zero-order valence-corrected chi connectivity index (χ0v) is 14.3. The second-order valence-electron chi connectivity index (χ2n) is 5.90. The van der Waals surface area contributed by atoms with E-state index in [0.29, 0.717) is 0 Å². The molecule has 0 aliphatic carbocycles. The highest BCUT2D eigenvalue weighted by Gasteiger charge is 2.21. The molecule has 0 saturated heterocycles. The van der Waals surface area contributed by atoms with Gasteiger partial charge in [-0.3, -0.25) is 0 Å². The molecular formula is C20H20NO4+. The molecule has 1 N–H and O–H groups in total. The van der Waals surface area contributed by atoms with Crippen molar-refractivity contribution in [3.8, 4) is 23.0 Å². The van der Waals surface area contributed by atoms with Crippen molar-refractivity contribution >= 4 is 11.8 Å². The van der Waals surface area contributed by atoms with Crippen molar-refractivity contribution in [3.63, 3.8) is 0 Å². The van der Waals surface area contributed by atoms with Crippen molar-refractivity contribution < 1.29 is 23.9 Å². The van der Waals surface area contributed by atoms with Gasteiger partial charge in [-0.2, -0.15) is 0 Å². The highest BCUT2D eigenvalue weighted by molar-refractivity contribution is 6.08. The normalized spacial score (nSPS) is 15.0. The van der Waals surface area contributed by atoms with E-state index in [1.807, 2.05) is 24.3 Å². The predicted molar refractivity (Wildman–Crippen MR) is 94.8 cm³/mol. The maximum Gasteiger partial charge on any atom is 0.231 e. The third-order valence-corrected chi connectivity index (χ3v) is 4.45.